The van der Waals surface area contributed by atoms with Gasteiger partial charge in [-0.3, -0.25) is 0 Å². The highest BCUT2D eigenvalue weighted by molar-refractivity contribution is 6.31. The normalized spacial score (nSPS) is 21.0. The lowest BCUT2D eigenvalue weighted by molar-refractivity contribution is 0.281. The summed E-state index contributed by atoms with van der Waals surface area (Å²) in [4.78, 5) is 0. The number of aliphatic hydroxyl groups is 1. The van der Waals surface area contributed by atoms with Crippen molar-refractivity contribution >= 4 is 11.6 Å². The Morgan fingerprint density at radius 3 is 2.33 bits per heavy atom. The van der Waals surface area contributed by atoms with Crippen LogP contribution in [0.25, 0.3) is 0 Å². The van der Waals surface area contributed by atoms with Crippen LogP contribution >= 0.6 is 11.6 Å². The van der Waals surface area contributed by atoms with Crippen LogP contribution in [0.3, 0.4) is 0 Å². The number of halogens is 1. The molecule has 0 aromatic heterocycles. The highest BCUT2D eigenvalue weighted by Crippen LogP contribution is 2.39. The average Bonchev–Trinajstić information content (AvgIpc) is 2.48. The van der Waals surface area contributed by atoms with Crippen molar-refractivity contribution in [1.82, 2.24) is 5.32 Å². The molecule has 1 aliphatic carbocycles. The van der Waals surface area contributed by atoms with E-state index in [0.717, 1.165) is 30.0 Å². The minimum Gasteiger partial charge on any atom is -0.392 e. The molecule has 110 valence electrons. The fourth-order valence-electron chi connectivity index (χ4n) is 2.87. The molecule has 0 aliphatic heterocycles. The molecular weight excluding hydrogens is 282 g/mol. The molecule has 0 saturated heterocycles. The molecule has 3 rings (SSSR count). The average molecular weight is 302 g/mol. The van der Waals surface area contributed by atoms with E-state index in [4.69, 9.17) is 16.7 Å². The Morgan fingerprint density at radius 2 is 1.67 bits per heavy atom. The van der Waals surface area contributed by atoms with Crippen molar-refractivity contribution in [1.29, 1.82) is 0 Å². The van der Waals surface area contributed by atoms with Crippen molar-refractivity contribution in [2.45, 2.75) is 38.0 Å². The van der Waals surface area contributed by atoms with E-state index >= 15 is 0 Å². The van der Waals surface area contributed by atoms with Crippen molar-refractivity contribution < 1.29 is 5.11 Å². The number of hydrogen-bond donors (Lipinski definition) is 2. The second-order valence-electron chi connectivity index (χ2n) is 5.74. The van der Waals surface area contributed by atoms with Gasteiger partial charge >= 0.3 is 0 Å². The molecule has 1 aliphatic rings. The van der Waals surface area contributed by atoms with Gasteiger partial charge in [-0.15, -0.1) is 0 Å². The van der Waals surface area contributed by atoms with E-state index in [0.29, 0.717) is 12.0 Å². The summed E-state index contributed by atoms with van der Waals surface area (Å²) in [5.74, 6) is 0.591. The Morgan fingerprint density at radius 1 is 1.00 bits per heavy atom. The van der Waals surface area contributed by atoms with Gasteiger partial charge in [0.1, 0.15) is 0 Å². The summed E-state index contributed by atoms with van der Waals surface area (Å²) in [7, 11) is 0. The number of nitrogens with one attached hydrogen (secondary N) is 1. The van der Waals surface area contributed by atoms with Crippen LogP contribution in [0.4, 0.5) is 0 Å². The van der Waals surface area contributed by atoms with Crippen molar-refractivity contribution in [2.24, 2.45) is 0 Å². The van der Waals surface area contributed by atoms with Crippen molar-refractivity contribution in [3.8, 4) is 0 Å². The van der Waals surface area contributed by atoms with Crippen molar-refractivity contribution in [3.05, 3.63) is 70.2 Å². The molecule has 0 atom stereocenters. The van der Waals surface area contributed by atoms with E-state index in [1.165, 1.54) is 11.1 Å². The van der Waals surface area contributed by atoms with E-state index in [9.17, 15) is 0 Å². The Balaban J connectivity index is 1.48. The van der Waals surface area contributed by atoms with Gasteiger partial charge in [-0.1, -0.05) is 54.1 Å². The Labute approximate surface area is 130 Å². The zero-order chi connectivity index (χ0) is 14.7. The highest BCUT2D eigenvalue weighted by atomic mass is 35.5. The van der Waals surface area contributed by atoms with Crippen LogP contribution < -0.4 is 5.32 Å². The SMILES string of the molecule is OCc1ccc(CNC2CC(c3ccccc3Cl)C2)cc1. The zero-order valence-electron chi connectivity index (χ0n) is 11.9. The minimum absolute atomic E-state index is 0.107. The largest absolute Gasteiger partial charge is 0.392 e. The van der Waals surface area contributed by atoms with Gasteiger partial charge in [0.15, 0.2) is 0 Å². The van der Waals surface area contributed by atoms with E-state index < -0.39 is 0 Å². The molecule has 2 N–H and O–H groups in total. The van der Waals surface area contributed by atoms with Crippen LogP contribution in [-0.4, -0.2) is 11.1 Å². The lowest BCUT2D eigenvalue weighted by Crippen LogP contribution is -2.39. The third kappa shape index (κ3) is 3.46. The third-order valence-electron chi connectivity index (χ3n) is 4.28. The van der Waals surface area contributed by atoms with E-state index in [1.54, 1.807) is 0 Å². The van der Waals surface area contributed by atoms with Crippen molar-refractivity contribution in [3.63, 3.8) is 0 Å². The van der Waals surface area contributed by atoms with E-state index in [-0.39, 0.29) is 6.61 Å². The summed E-state index contributed by atoms with van der Waals surface area (Å²) in [6.45, 7) is 0.988. The van der Waals surface area contributed by atoms with E-state index in [2.05, 4.69) is 29.6 Å². The zero-order valence-corrected chi connectivity index (χ0v) is 12.7. The Hall–Kier alpha value is -1.35. The van der Waals surface area contributed by atoms with Gasteiger partial charge < -0.3 is 10.4 Å². The topological polar surface area (TPSA) is 32.3 Å². The molecule has 1 saturated carbocycles. The molecular formula is C18H20ClNO. The fourth-order valence-corrected chi connectivity index (χ4v) is 3.16. The molecule has 0 spiro atoms. The van der Waals surface area contributed by atoms with Crippen LogP contribution in [0, 0.1) is 0 Å². The molecule has 0 unspecified atom stereocenters. The summed E-state index contributed by atoms with van der Waals surface area (Å²) < 4.78 is 0. The maximum absolute atomic E-state index is 9.03. The summed E-state index contributed by atoms with van der Waals surface area (Å²) in [5, 5.41) is 13.5. The second-order valence-corrected chi connectivity index (χ2v) is 6.15. The van der Waals surface area contributed by atoms with Crippen LogP contribution in [0.5, 0.6) is 0 Å². The molecule has 3 heteroatoms. The van der Waals surface area contributed by atoms with E-state index in [1.807, 2.05) is 24.3 Å². The van der Waals surface area contributed by atoms with Crippen LogP contribution in [0.2, 0.25) is 5.02 Å². The van der Waals surface area contributed by atoms with Gasteiger partial charge in [0.05, 0.1) is 6.61 Å². The predicted molar refractivity (Wildman–Crippen MR) is 86.4 cm³/mol. The van der Waals surface area contributed by atoms with Crippen LogP contribution in [0.15, 0.2) is 48.5 Å². The molecule has 2 aromatic carbocycles. The third-order valence-corrected chi connectivity index (χ3v) is 4.63. The smallest absolute Gasteiger partial charge is 0.0681 e. The monoisotopic (exact) mass is 301 g/mol. The molecule has 0 radical (unpaired) electrons. The number of hydrogen-bond acceptors (Lipinski definition) is 2. The predicted octanol–water partition coefficient (Wildman–Crippen LogP) is 3.87. The van der Waals surface area contributed by atoms with Crippen molar-refractivity contribution in [2.75, 3.05) is 0 Å². The molecule has 0 bridgehead atoms. The van der Waals surface area contributed by atoms with Gasteiger partial charge in [-0.2, -0.15) is 0 Å². The number of aliphatic hydroxyl groups excluding tert-OH is 1. The first-order chi connectivity index (χ1) is 10.3. The van der Waals surface area contributed by atoms with Gasteiger partial charge in [0, 0.05) is 17.6 Å². The molecule has 0 amide bonds. The maximum Gasteiger partial charge on any atom is 0.0681 e. The second kappa shape index (κ2) is 6.61. The number of benzene rings is 2. The van der Waals surface area contributed by atoms with Gasteiger partial charge in [-0.05, 0) is 41.5 Å². The maximum atomic E-state index is 9.03. The first-order valence-electron chi connectivity index (χ1n) is 7.42. The van der Waals surface area contributed by atoms with Crippen LogP contribution in [-0.2, 0) is 13.2 Å². The first-order valence-corrected chi connectivity index (χ1v) is 7.80. The molecule has 2 aromatic rings. The fraction of sp³-hybridized carbons (Fsp3) is 0.333. The van der Waals surface area contributed by atoms with Crippen LogP contribution in [0.1, 0.15) is 35.4 Å². The number of rotatable bonds is 5. The highest BCUT2D eigenvalue weighted by Gasteiger charge is 2.30. The Bertz CT molecular complexity index is 590. The summed E-state index contributed by atoms with van der Waals surface area (Å²) >= 11 is 6.24. The summed E-state index contributed by atoms with van der Waals surface area (Å²) in [6.07, 6.45) is 2.30. The molecule has 2 nitrogen and oxygen atoms in total. The Kier molecular flexibility index (Phi) is 4.59. The lowest BCUT2D eigenvalue weighted by Gasteiger charge is -2.37. The first kappa shape index (κ1) is 14.6. The quantitative estimate of drug-likeness (QED) is 0.879. The van der Waals surface area contributed by atoms with Gasteiger partial charge in [-0.25, -0.2) is 0 Å². The summed E-state index contributed by atoms with van der Waals surface area (Å²) in [5.41, 5.74) is 3.50. The van der Waals surface area contributed by atoms with Gasteiger partial charge in [0.2, 0.25) is 0 Å². The lowest BCUT2D eigenvalue weighted by atomic mass is 9.76. The molecule has 21 heavy (non-hydrogen) atoms. The summed E-state index contributed by atoms with van der Waals surface area (Å²) in [6, 6.07) is 16.8. The van der Waals surface area contributed by atoms with Gasteiger partial charge in [0.25, 0.3) is 0 Å². The minimum atomic E-state index is 0.107. The molecule has 0 heterocycles. The molecule has 1 fully saturated rings. The standard InChI is InChI=1S/C18H20ClNO/c19-18-4-2-1-3-17(18)15-9-16(10-15)20-11-13-5-7-14(12-21)8-6-13/h1-8,15-16,20-21H,9-12H2.